The van der Waals surface area contributed by atoms with E-state index in [2.05, 4.69) is 24.1 Å². The highest BCUT2D eigenvalue weighted by atomic mass is 15.2. The van der Waals surface area contributed by atoms with Gasteiger partial charge in [0.05, 0.1) is 0 Å². The second-order valence-corrected chi connectivity index (χ2v) is 5.96. The van der Waals surface area contributed by atoms with Crippen LogP contribution in [0.3, 0.4) is 0 Å². The Balaban J connectivity index is 1.65. The molecule has 2 fully saturated rings. The largest absolute Gasteiger partial charge is 0.312 e. The predicted molar refractivity (Wildman–Crippen MR) is 74.3 cm³/mol. The second kappa shape index (κ2) is 6.75. The predicted octanol–water partition coefficient (Wildman–Crippen LogP) is 3.03. The molecule has 2 heteroatoms. The number of hydrogen-bond donors (Lipinski definition) is 1. The topological polar surface area (TPSA) is 15.3 Å². The van der Waals surface area contributed by atoms with Crippen LogP contribution in [0, 0.1) is 5.92 Å². The molecule has 2 rings (SSSR count). The summed E-state index contributed by atoms with van der Waals surface area (Å²) >= 11 is 0. The lowest BCUT2D eigenvalue weighted by atomic mass is 9.84. The van der Waals surface area contributed by atoms with Crippen LogP contribution in [0.2, 0.25) is 0 Å². The molecule has 1 saturated heterocycles. The van der Waals surface area contributed by atoms with E-state index < -0.39 is 0 Å². The lowest BCUT2D eigenvalue weighted by Gasteiger charge is -2.31. The average Bonchev–Trinajstić information content (AvgIpc) is 2.84. The molecule has 100 valence electrons. The maximum Gasteiger partial charge on any atom is 0.0221 e. The Morgan fingerprint density at radius 3 is 2.47 bits per heavy atom. The summed E-state index contributed by atoms with van der Waals surface area (Å²) in [7, 11) is 0. The van der Waals surface area contributed by atoms with E-state index in [-0.39, 0.29) is 0 Å². The van der Waals surface area contributed by atoms with Gasteiger partial charge in [0, 0.05) is 18.6 Å². The fourth-order valence-corrected chi connectivity index (χ4v) is 3.62. The van der Waals surface area contributed by atoms with E-state index in [1.165, 1.54) is 64.6 Å². The van der Waals surface area contributed by atoms with Gasteiger partial charge in [0.25, 0.3) is 0 Å². The third-order valence-corrected chi connectivity index (χ3v) is 4.97. The molecule has 17 heavy (non-hydrogen) atoms. The van der Waals surface area contributed by atoms with Gasteiger partial charge in [-0.2, -0.15) is 0 Å². The molecule has 1 aliphatic heterocycles. The minimum Gasteiger partial charge on any atom is -0.312 e. The van der Waals surface area contributed by atoms with E-state index in [1.54, 1.807) is 0 Å². The number of nitrogens with one attached hydrogen (secondary N) is 1. The van der Waals surface area contributed by atoms with Crippen LogP contribution in [0.25, 0.3) is 0 Å². The summed E-state index contributed by atoms with van der Waals surface area (Å²) in [5, 5.41) is 3.83. The molecule has 1 aliphatic carbocycles. The van der Waals surface area contributed by atoms with Crippen LogP contribution in [0.5, 0.6) is 0 Å². The number of nitrogens with zero attached hydrogens (tertiary/aromatic N) is 1. The molecule has 1 unspecified atom stereocenters. The van der Waals surface area contributed by atoms with Gasteiger partial charge in [0.15, 0.2) is 0 Å². The number of likely N-dealkylation sites (N-methyl/N-ethyl adjacent to an activating group) is 1. The van der Waals surface area contributed by atoms with Crippen LogP contribution in [0.1, 0.15) is 58.8 Å². The minimum absolute atomic E-state index is 0.817. The fourth-order valence-electron chi connectivity index (χ4n) is 3.62. The summed E-state index contributed by atoms with van der Waals surface area (Å²) in [6.07, 6.45) is 9.94. The molecule has 0 bridgehead atoms. The molecule has 1 saturated carbocycles. The average molecular weight is 238 g/mol. The van der Waals surface area contributed by atoms with Gasteiger partial charge in [-0.05, 0) is 57.5 Å². The number of likely N-dealkylation sites (tertiary alicyclic amines) is 1. The van der Waals surface area contributed by atoms with Crippen molar-refractivity contribution >= 4 is 0 Å². The Bertz CT molecular complexity index is 209. The van der Waals surface area contributed by atoms with E-state index in [0.717, 1.165) is 18.0 Å². The van der Waals surface area contributed by atoms with Crippen molar-refractivity contribution in [2.75, 3.05) is 19.6 Å². The van der Waals surface area contributed by atoms with Gasteiger partial charge >= 0.3 is 0 Å². The van der Waals surface area contributed by atoms with Crippen molar-refractivity contribution in [3.05, 3.63) is 0 Å². The zero-order valence-corrected chi connectivity index (χ0v) is 11.8. The summed E-state index contributed by atoms with van der Waals surface area (Å²) < 4.78 is 0. The molecule has 0 radical (unpaired) electrons. The Morgan fingerprint density at radius 1 is 1.06 bits per heavy atom. The van der Waals surface area contributed by atoms with Crippen molar-refractivity contribution in [3.8, 4) is 0 Å². The van der Waals surface area contributed by atoms with Crippen molar-refractivity contribution in [1.29, 1.82) is 0 Å². The molecule has 0 spiro atoms. The van der Waals surface area contributed by atoms with Gasteiger partial charge in [0.1, 0.15) is 0 Å². The highest BCUT2D eigenvalue weighted by Crippen LogP contribution is 2.26. The summed E-state index contributed by atoms with van der Waals surface area (Å²) in [5.74, 6) is 1.02. The molecule has 1 N–H and O–H groups in total. The molecule has 1 atom stereocenters. The second-order valence-electron chi connectivity index (χ2n) is 5.96. The van der Waals surface area contributed by atoms with Crippen LogP contribution < -0.4 is 5.32 Å². The van der Waals surface area contributed by atoms with E-state index in [0.29, 0.717) is 0 Å². The van der Waals surface area contributed by atoms with Crippen LogP contribution in [0.4, 0.5) is 0 Å². The van der Waals surface area contributed by atoms with Gasteiger partial charge in [-0.1, -0.05) is 20.3 Å². The Hall–Kier alpha value is -0.0800. The lowest BCUT2D eigenvalue weighted by molar-refractivity contribution is 0.232. The van der Waals surface area contributed by atoms with Gasteiger partial charge in [-0.3, -0.25) is 4.90 Å². The molecule has 0 amide bonds. The Labute approximate surface area is 107 Å². The van der Waals surface area contributed by atoms with Crippen LogP contribution in [0.15, 0.2) is 0 Å². The summed E-state index contributed by atoms with van der Waals surface area (Å²) in [4.78, 5) is 2.64. The van der Waals surface area contributed by atoms with Gasteiger partial charge in [-0.25, -0.2) is 0 Å². The molecule has 1 heterocycles. The molecule has 0 aromatic heterocycles. The third kappa shape index (κ3) is 3.69. The zero-order valence-electron chi connectivity index (χ0n) is 11.8. The maximum absolute atomic E-state index is 3.83. The summed E-state index contributed by atoms with van der Waals surface area (Å²) in [6, 6.07) is 1.64. The zero-order chi connectivity index (χ0) is 12.1. The minimum atomic E-state index is 0.817. The quantitative estimate of drug-likeness (QED) is 0.792. The van der Waals surface area contributed by atoms with Crippen LogP contribution in [-0.4, -0.2) is 36.6 Å². The number of hydrogen-bond acceptors (Lipinski definition) is 2. The van der Waals surface area contributed by atoms with Crippen molar-refractivity contribution in [2.45, 2.75) is 70.9 Å². The van der Waals surface area contributed by atoms with Crippen LogP contribution in [-0.2, 0) is 0 Å². The maximum atomic E-state index is 3.83. The molecule has 2 nitrogen and oxygen atoms in total. The summed E-state index contributed by atoms with van der Waals surface area (Å²) in [6.45, 7) is 8.43. The van der Waals surface area contributed by atoms with Crippen molar-refractivity contribution < 1.29 is 0 Å². The van der Waals surface area contributed by atoms with E-state index >= 15 is 0 Å². The monoisotopic (exact) mass is 238 g/mol. The van der Waals surface area contributed by atoms with E-state index in [4.69, 9.17) is 0 Å². The summed E-state index contributed by atoms with van der Waals surface area (Å²) in [5.41, 5.74) is 0. The van der Waals surface area contributed by atoms with E-state index in [9.17, 15) is 0 Å². The Kier molecular flexibility index (Phi) is 5.30. The highest BCUT2D eigenvalue weighted by Gasteiger charge is 2.25. The first kappa shape index (κ1) is 13.4. The molecule has 2 aliphatic rings. The SMILES string of the molecule is CCC1CCC(NCC2CCCN2CC)CC1. The van der Waals surface area contributed by atoms with Crippen molar-refractivity contribution in [1.82, 2.24) is 10.2 Å². The van der Waals surface area contributed by atoms with Gasteiger partial charge in [0.2, 0.25) is 0 Å². The third-order valence-electron chi connectivity index (χ3n) is 4.97. The first-order chi connectivity index (χ1) is 8.33. The first-order valence-electron chi connectivity index (χ1n) is 7.80. The van der Waals surface area contributed by atoms with Crippen molar-refractivity contribution in [3.63, 3.8) is 0 Å². The van der Waals surface area contributed by atoms with Gasteiger partial charge < -0.3 is 5.32 Å². The van der Waals surface area contributed by atoms with Crippen LogP contribution >= 0.6 is 0 Å². The van der Waals surface area contributed by atoms with Crippen molar-refractivity contribution in [2.24, 2.45) is 5.92 Å². The standard InChI is InChI=1S/C15H30N2/c1-3-13-7-9-14(10-8-13)16-12-15-6-5-11-17(15)4-2/h13-16H,3-12H2,1-2H3. The number of rotatable bonds is 5. The normalized spacial score (nSPS) is 35.3. The van der Waals surface area contributed by atoms with Gasteiger partial charge in [-0.15, -0.1) is 0 Å². The lowest BCUT2D eigenvalue weighted by Crippen LogP contribution is -2.42. The molecule has 0 aromatic rings. The molecule has 0 aromatic carbocycles. The van der Waals surface area contributed by atoms with E-state index in [1.807, 2.05) is 0 Å². The highest BCUT2D eigenvalue weighted by molar-refractivity contribution is 4.83. The Morgan fingerprint density at radius 2 is 1.82 bits per heavy atom. The molecular weight excluding hydrogens is 208 g/mol. The fraction of sp³-hybridized carbons (Fsp3) is 1.00. The first-order valence-corrected chi connectivity index (χ1v) is 7.80. The smallest absolute Gasteiger partial charge is 0.0221 e. The molecular formula is C15H30N2.